The Bertz CT molecular complexity index is 449. The topological polar surface area (TPSA) is 77.8 Å². The van der Waals surface area contributed by atoms with Gasteiger partial charge in [-0.25, -0.2) is 0 Å². The Morgan fingerprint density at radius 3 is 2.59 bits per heavy atom. The van der Waals surface area contributed by atoms with Crippen LogP contribution in [0.5, 0.6) is 11.5 Å². The van der Waals surface area contributed by atoms with Crippen molar-refractivity contribution in [2.45, 2.75) is 26.4 Å². The monoisotopic (exact) mass is 236 g/mol. The third-order valence-corrected chi connectivity index (χ3v) is 2.42. The van der Waals surface area contributed by atoms with Gasteiger partial charge in [0.15, 0.2) is 5.78 Å². The van der Waals surface area contributed by atoms with Crippen LogP contribution in [0.3, 0.4) is 0 Å². The van der Waals surface area contributed by atoms with E-state index in [2.05, 4.69) is 0 Å². The highest BCUT2D eigenvalue weighted by Gasteiger charge is 2.16. The first-order chi connectivity index (χ1) is 7.95. The van der Waals surface area contributed by atoms with Gasteiger partial charge in [-0.2, -0.15) is 0 Å². The van der Waals surface area contributed by atoms with E-state index in [-0.39, 0.29) is 29.3 Å². The number of aromatic hydroxyl groups is 2. The molecule has 0 aliphatic carbocycles. The van der Waals surface area contributed by atoms with E-state index in [4.69, 9.17) is 0 Å². The number of ketones is 1. The van der Waals surface area contributed by atoms with Crippen LogP contribution in [-0.4, -0.2) is 27.2 Å². The van der Waals surface area contributed by atoms with Crippen molar-refractivity contribution in [2.75, 3.05) is 0 Å². The molecule has 3 N–H and O–H groups in total. The summed E-state index contributed by atoms with van der Waals surface area (Å²) in [5.41, 5.74) is 0.621. The quantitative estimate of drug-likeness (QED) is 0.551. The molecule has 0 aliphatic heterocycles. The molecule has 92 valence electrons. The van der Waals surface area contributed by atoms with Crippen molar-refractivity contribution in [1.29, 1.82) is 0 Å². The number of aryl methyl sites for hydroxylation is 1. The van der Waals surface area contributed by atoms with E-state index in [0.29, 0.717) is 5.56 Å². The first-order valence-corrected chi connectivity index (χ1v) is 5.32. The van der Waals surface area contributed by atoms with Crippen molar-refractivity contribution < 1.29 is 20.1 Å². The second-order valence-electron chi connectivity index (χ2n) is 3.88. The molecule has 0 bridgehead atoms. The number of hydrogen-bond acceptors (Lipinski definition) is 4. The average molecular weight is 236 g/mol. The van der Waals surface area contributed by atoms with E-state index in [1.165, 1.54) is 12.1 Å². The molecule has 1 rings (SSSR count). The van der Waals surface area contributed by atoms with Crippen LogP contribution in [0.1, 0.15) is 29.3 Å². The van der Waals surface area contributed by atoms with E-state index in [1.807, 2.05) is 0 Å². The van der Waals surface area contributed by atoms with Crippen molar-refractivity contribution in [2.24, 2.45) is 0 Å². The Kier molecular flexibility index (Phi) is 4.29. The second kappa shape index (κ2) is 5.50. The molecular formula is C13H16O4. The van der Waals surface area contributed by atoms with Gasteiger partial charge in [0, 0.05) is 12.5 Å². The number of Topliss-reactive ketones (excluding diaryl/α,β-unsaturated/α-hetero) is 1. The number of carbonyl (C=O) groups excluding carboxylic acids is 1. The van der Waals surface area contributed by atoms with Gasteiger partial charge in [0.2, 0.25) is 0 Å². The zero-order valence-electron chi connectivity index (χ0n) is 9.84. The van der Waals surface area contributed by atoms with Crippen LogP contribution in [-0.2, 0) is 0 Å². The van der Waals surface area contributed by atoms with E-state index in [9.17, 15) is 20.1 Å². The average Bonchev–Trinajstić information content (AvgIpc) is 2.23. The lowest BCUT2D eigenvalue weighted by molar-refractivity contribution is 0.0920. The molecule has 0 saturated heterocycles. The van der Waals surface area contributed by atoms with Crippen LogP contribution in [0.2, 0.25) is 0 Å². The number of carbonyl (C=O) groups is 1. The minimum atomic E-state index is -0.860. The van der Waals surface area contributed by atoms with Crippen molar-refractivity contribution in [3.05, 3.63) is 35.4 Å². The third-order valence-electron chi connectivity index (χ3n) is 2.42. The van der Waals surface area contributed by atoms with E-state index >= 15 is 0 Å². The molecule has 4 nitrogen and oxygen atoms in total. The summed E-state index contributed by atoms with van der Waals surface area (Å²) < 4.78 is 0. The molecule has 1 atom stereocenters. The number of aliphatic hydroxyl groups is 1. The molecule has 0 aliphatic rings. The molecule has 0 aromatic heterocycles. The lowest BCUT2D eigenvalue weighted by atomic mass is 10.0. The standard InChI is InChI=1S/C13H16O4/c1-3-4-9(14)6-12(16)10-5-8(2)11(15)7-13(10)17/h3-5,7,9,14-15,17H,6H2,1-2H3. The van der Waals surface area contributed by atoms with Crippen LogP contribution < -0.4 is 0 Å². The molecule has 17 heavy (non-hydrogen) atoms. The van der Waals surface area contributed by atoms with Crippen LogP contribution >= 0.6 is 0 Å². The summed E-state index contributed by atoms with van der Waals surface area (Å²) in [5.74, 6) is -0.699. The summed E-state index contributed by atoms with van der Waals surface area (Å²) in [4.78, 5) is 11.8. The fourth-order valence-electron chi connectivity index (χ4n) is 1.50. The first-order valence-electron chi connectivity index (χ1n) is 5.32. The zero-order chi connectivity index (χ0) is 13.0. The van der Waals surface area contributed by atoms with Gasteiger partial charge < -0.3 is 15.3 Å². The van der Waals surface area contributed by atoms with Gasteiger partial charge in [-0.1, -0.05) is 12.2 Å². The van der Waals surface area contributed by atoms with Gasteiger partial charge in [0.05, 0.1) is 11.7 Å². The van der Waals surface area contributed by atoms with Gasteiger partial charge in [-0.05, 0) is 25.5 Å². The smallest absolute Gasteiger partial charge is 0.169 e. The molecule has 1 unspecified atom stereocenters. The maximum Gasteiger partial charge on any atom is 0.169 e. The maximum absolute atomic E-state index is 11.8. The Morgan fingerprint density at radius 1 is 1.35 bits per heavy atom. The second-order valence-corrected chi connectivity index (χ2v) is 3.88. The SMILES string of the molecule is CC=CC(O)CC(=O)c1cc(C)c(O)cc1O. The molecule has 0 heterocycles. The van der Waals surface area contributed by atoms with E-state index < -0.39 is 6.10 Å². The lowest BCUT2D eigenvalue weighted by Gasteiger charge is -2.08. The normalized spacial score (nSPS) is 12.9. The number of allylic oxidation sites excluding steroid dienone is 1. The summed E-state index contributed by atoms with van der Waals surface area (Å²) in [6, 6.07) is 2.54. The molecule has 1 aromatic rings. The van der Waals surface area contributed by atoms with Crippen molar-refractivity contribution in [3.8, 4) is 11.5 Å². The Hall–Kier alpha value is -1.81. The molecular weight excluding hydrogens is 220 g/mol. The largest absolute Gasteiger partial charge is 0.508 e. The number of benzene rings is 1. The van der Waals surface area contributed by atoms with E-state index in [1.54, 1.807) is 19.9 Å². The molecule has 0 saturated carbocycles. The molecule has 0 fully saturated rings. The van der Waals surface area contributed by atoms with Gasteiger partial charge in [0.1, 0.15) is 11.5 Å². The number of aliphatic hydroxyl groups excluding tert-OH is 1. The van der Waals surface area contributed by atoms with Crippen molar-refractivity contribution in [3.63, 3.8) is 0 Å². The number of phenols is 2. The lowest BCUT2D eigenvalue weighted by Crippen LogP contribution is -2.11. The van der Waals surface area contributed by atoms with Crippen LogP contribution in [0, 0.1) is 6.92 Å². The predicted octanol–water partition coefficient (Wildman–Crippen LogP) is 1.92. The van der Waals surface area contributed by atoms with Crippen LogP contribution in [0.4, 0.5) is 0 Å². The molecule has 4 heteroatoms. The summed E-state index contributed by atoms with van der Waals surface area (Å²) in [5, 5.41) is 28.3. The molecule has 0 spiro atoms. The summed E-state index contributed by atoms with van der Waals surface area (Å²) in [7, 11) is 0. The minimum absolute atomic E-state index is 0.0620. The van der Waals surface area contributed by atoms with Gasteiger partial charge in [-0.15, -0.1) is 0 Å². The number of rotatable bonds is 4. The highest BCUT2D eigenvalue weighted by atomic mass is 16.3. The maximum atomic E-state index is 11.8. The molecule has 1 aromatic carbocycles. The van der Waals surface area contributed by atoms with Crippen molar-refractivity contribution in [1.82, 2.24) is 0 Å². The predicted molar refractivity (Wildman–Crippen MR) is 64.3 cm³/mol. The summed E-state index contributed by atoms with van der Waals surface area (Å²) in [6.45, 7) is 3.38. The Morgan fingerprint density at radius 2 is 2.00 bits per heavy atom. The van der Waals surface area contributed by atoms with Crippen LogP contribution in [0.25, 0.3) is 0 Å². The fourth-order valence-corrected chi connectivity index (χ4v) is 1.50. The number of phenolic OH excluding ortho intramolecular Hbond substituents is 2. The van der Waals surface area contributed by atoms with Gasteiger partial charge >= 0.3 is 0 Å². The minimum Gasteiger partial charge on any atom is -0.508 e. The highest BCUT2D eigenvalue weighted by Crippen LogP contribution is 2.27. The molecule has 0 amide bonds. The Labute approximate surface area is 99.8 Å². The van der Waals surface area contributed by atoms with Crippen LogP contribution in [0.15, 0.2) is 24.3 Å². The third kappa shape index (κ3) is 3.32. The highest BCUT2D eigenvalue weighted by molar-refractivity contribution is 5.99. The Balaban J connectivity index is 2.93. The van der Waals surface area contributed by atoms with E-state index in [0.717, 1.165) is 6.07 Å². The summed E-state index contributed by atoms with van der Waals surface area (Å²) in [6.07, 6.45) is 2.20. The fraction of sp³-hybridized carbons (Fsp3) is 0.308. The van der Waals surface area contributed by atoms with Gasteiger partial charge in [-0.3, -0.25) is 4.79 Å². The molecule has 0 radical (unpaired) electrons. The first kappa shape index (κ1) is 13.3. The van der Waals surface area contributed by atoms with Crippen molar-refractivity contribution >= 4 is 5.78 Å². The van der Waals surface area contributed by atoms with Gasteiger partial charge in [0.25, 0.3) is 0 Å². The number of hydrogen-bond donors (Lipinski definition) is 3. The summed E-state index contributed by atoms with van der Waals surface area (Å²) >= 11 is 0. The zero-order valence-corrected chi connectivity index (χ0v) is 9.84.